The van der Waals surface area contributed by atoms with Gasteiger partial charge in [0.2, 0.25) is 0 Å². The molecule has 5 heteroatoms. The number of rotatable bonds is 5. The summed E-state index contributed by atoms with van der Waals surface area (Å²) in [5.74, 6) is -0.264. The summed E-state index contributed by atoms with van der Waals surface area (Å²) in [6, 6.07) is 5.59. The summed E-state index contributed by atoms with van der Waals surface area (Å²) in [5.41, 5.74) is 0.218. The number of nitrogens with one attached hydrogen (secondary N) is 1. The third-order valence-corrected chi connectivity index (χ3v) is 3.01. The molecule has 0 aromatic carbocycles. The first kappa shape index (κ1) is 13.5. The topological polar surface area (TPSA) is 66.6 Å². The third-order valence-electron chi connectivity index (χ3n) is 3.01. The second kappa shape index (κ2) is 5.40. The van der Waals surface area contributed by atoms with Crippen molar-refractivity contribution in [2.75, 3.05) is 6.54 Å². The first-order valence-electron chi connectivity index (χ1n) is 6.46. The van der Waals surface area contributed by atoms with Gasteiger partial charge in [0.15, 0.2) is 0 Å². The van der Waals surface area contributed by atoms with E-state index in [1.807, 2.05) is 31.3 Å². The molecule has 0 bridgehead atoms. The highest BCUT2D eigenvalue weighted by molar-refractivity contribution is 5.92. The molecule has 0 saturated heterocycles. The van der Waals surface area contributed by atoms with Crippen LogP contribution in [0.25, 0.3) is 5.65 Å². The number of aromatic nitrogens is 2. The average molecular weight is 261 g/mol. The molecule has 102 valence electrons. The predicted octanol–water partition coefficient (Wildman–Crippen LogP) is 1.62. The predicted molar refractivity (Wildman–Crippen MR) is 73.1 cm³/mol. The molecule has 1 unspecified atom stereocenters. The lowest BCUT2D eigenvalue weighted by Crippen LogP contribution is -2.40. The SMILES string of the molecule is CCCC(C)(O)CNC(=O)c1cn2ccccc2n1. The number of nitrogens with zero attached hydrogens (tertiary/aromatic N) is 2. The fourth-order valence-corrected chi connectivity index (χ4v) is 2.03. The van der Waals surface area contributed by atoms with E-state index in [2.05, 4.69) is 10.3 Å². The summed E-state index contributed by atoms with van der Waals surface area (Å²) < 4.78 is 1.79. The zero-order chi connectivity index (χ0) is 13.9. The van der Waals surface area contributed by atoms with Crippen molar-refractivity contribution < 1.29 is 9.90 Å². The van der Waals surface area contributed by atoms with Gasteiger partial charge < -0.3 is 14.8 Å². The Bertz CT molecular complexity index is 542. The monoisotopic (exact) mass is 261 g/mol. The maximum Gasteiger partial charge on any atom is 0.271 e. The van der Waals surface area contributed by atoms with Crippen LogP contribution in [0.5, 0.6) is 0 Å². The second-order valence-electron chi connectivity index (χ2n) is 5.02. The smallest absolute Gasteiger partial charge is 0.271 e. The molecule has 1 amide bonds. The van der Waals surface area contributed by atoms with Gasteiger partial charge in [-0.3, -0.25) is 4.79 Å². The van der Waals surface area contributed by atoms with Crippen molar-refractivity contribution in [1.29, 1.82) is 0 Å². The first-order chi connectivity index (χ1) is 9.02. The Morgan fingerprint density at radius 3 is 3.00 bits per heavy atom. The van der Waals surface area contributed by atoms with Crippen LogP contribution in [0.1, 0.15) is 37.2 Å². The number of hydrogen-bond acceptors (Lipinski definition) is 3. The molecule has 2 aromatic heterocycles. The number of fused-ring (bicyclic) bond motifs is 1. The van der Waals surface area contributed by atoms with E-state index in [9.17, 15) is 9.90 Å². The fraction of sp³-hybridized carbons (Fsp3) is 0.429. The molecule has 19 heavy (non-hydrogen) atoms. The molecule has 2 rings (SSSR count). The van der Waals surface area contributed by atoms with Crippen molar-refractivity contribution >= 4 is 11.6 Å². The Morgan fingerprint density at radius 2 is 2.32 bits per heavy atom. The minimum absolute atomic E-state index is 0.230. The number of imidazole rings is 1. The van der Waals surface area contributed by atoms with Crippen LogP contribution in [0.4, 0.5) is 0 Å². The maximum atomic E-state index is 12.0. The van der Waals surface area contributed by atoms with Crippen LogP contribution in [0.2, 0.25) is 0 Å². The van der Waals surface area contributed by atoms with Crippen molar-refractivity contribution in [3.63, 3.8) is 0 Å². The summed E-state index contributed by atoms with van der Waals surface area (Å²) in [6.07, 6.45) is 5.04. The second-order valence-corrected chi connectivity index (χ2v) is 5.02. The highest BCUT2D eigenvalue weighted by Crippen LogP contribution is 2.10. The molecule has 0 radical (unpaired) electrons. The summed E-state index contributed by atoms with van der Waals surface area (Å²) in [5, 5.41) is 12.7. The molecule has 2 N–H and O–H groups in total. The Kier molecular flexibility index (Phi) is 3.85. The molecule has 0 fully saturated rings. The number of carbonyl (C=O) groups is 1. The Morgan fingerprint density at radius 1 is 1.53 bits per heavy atom. The molecule has 0 saturated carbocycles. The van der Waals surface area contributed by atoms with E-state index in [-0.39, 0.29) is 12.5 Å². The van der Waals surface area contributed by atoms with Gasteiger partial charge in [0.1, 0.15) is 11.3 Å². The lowest BCUT2D eigenvalue weighted by Gasteiger charge is -2.22. The van der Waals surface area contributed by atoms with E-state index in [1.165, 1.54) is 0 Å². The zero-order valence-electron chi connectivity index (χ0n) is 11.3. The van der Waals surface area contributed by atoms with Crippen molar-refractivity contribution in [2.45, 2.75) is 32.3 Å². The number of aliphatic hydroxyl groups is 1. The van der Waals surface area contributed by atoms with Gasteiger partial charge in [-0.1, -0.05) is 19.4 Å². The molecular formula is C14H19N3O2. The van der Waals surface area contributed by atoms with Crippen LogP contribution < -0.4 is 5.32 Å². The molecule has 0 aliphatic heterocycles. The van der Waals surface area contributed by atoms with Gasteiger partial charge in [-0.05, 0) is 25.5 Å². The third kappa shape index (κ3) is 3.32. The largest absolute Gasteiger partial charge is 0.388 e. The zero-order valence-corrected chi connectivity index (χ0v) is 11.3. The minimum Gasteiger partial charge on any atom is -0.388 e. The van der Waals surface area contributed by atoms with Gasteiger partial charge in [0, 0.05) is 18.9 Å². The number of carbonyl (C=O) groups excluding carboxylic acids is 1. The maximum absolute atomic E-state index is 12.0. The van der Waals surface area contributed by atoms with Crippen LogP contribution in [-0.4, -0.2) is 32.5 Å². The van der Waals surface area contributed by atoms with Crippen molar-refractivity contribution in [3.8, 4) is 0 Å². The highest BCUT2D eigenvalue weighted by atomic mass is 16.3. The lowest BCUT2D eigenvalue weighted by molar-refractivity contribution is 0.0468. The van der Waals surface area contributed by atoms with E-state index in [0.717, 1.165) is 12.1 Å². The fourth-order valence-electron chi connectivity index (χ4n) is 2.03. The minimum atomic E-state index is -0.871. The molecule has 1 atom stereocenters. The average Bonchev–Trinajstić information content (AvgIpc) is 2.79. The van der Waals surface area contributed by atoms with Crippen LogP contribution in [-0.2, 0) is 0 Å². The quantitative estimate of drug-likeness (QED) is 0.859. The first-order valence-corrected chi connectivity index (χ1v) is 6.46. The van der Waals surface area contributed by atoms with Gasteiger partial charge >= 0.3 is 0 Å². The molecule has 2 aromatic rings. The normalized spacial score (nSPS) is 14.3. The van der Waals surface area contributed by atoms with Crippen molar-refractivity contribution in [1.82, 2.24) is 14.7 Å². The Hall–Kier alpha value is -1.88. The van der Waals surface area contributed by atoms with Crippen LogP contribution in [0.15, 0.2) is 30.6 Å². The summed E-state index contributed by atoms with van der Waals surface area (Å²) in [7, 11) is 0. The standard InChI is InChI=1S/C14H19N3O2/c1-3-7-14(2,19)10-15-13(18)11-9-17-8-5-4-6-12(17)16-11/h4-6,8-9,19H,3,7,10H2,1-2H3,(H,15,18). The van der Waals surface area contributed by atoms with Crippen molar-refractivity contribution in [3.05, 3.63) is 36.3 Å². The Labute approximate surface area is 112 Å². The Balaban J connectivity index is 2.04. The molecule has 5 nitrogen and oxygen atoms in total. The highest BCUT2D eigenvalue weighted by Gasteiger charge is 2.21. The van der Waals surface area contributed by atoms with Gasteiger partial charge in [-0.25, -0.2) is 4.98 Å². The van der Waals surface area contributed by atoms with E-state index < -0.39 is 5.60 Å². The summed E-state index contributed by atoms with van der Waals surface area (Å²) in [6.45, 7) is 3.95. The van der Waals surface area contributed by atoms with E-state index in [0.29, 0.717) is 12.1 Å². The van der Waals surface area contributed by atoms with Gasteiger partial charge in [0.25, 0.3) is 5.91 Å². The molecule has 2 heterocycles. The van der Waals surface area contributed by atoms with E-state index in [1.54, 1.807) is 17.5 Å². The van der Waals surface area contributed by atoms with E-state index >= 15 is 0 Å². The molecule has 0 aliphatic rings. The molecule has 0 spiro atoms. The summed E-state index contributed by atoms with van der Waals surface area (Å²) in [4.78, 5) is 16.2. The molecule has 0 aliphatic carbocycles. The van der Waals surface area contributed by atoms with Crippen molar-refractivity contribution in [2.24, 2.45) is 0 Å². The van der Waals surface area contributed by atoms with Crippen LogP contribution >= 0.6 is 0 Å². The van der Waals surface area contributed by atoms with Gasteiger partial charge in [0.05, 0.1) is 5.60 Å². The van der Waals surface area contributed by atoms with Gasteiger partial charge in [-0.2, -0.15) is 0 Å². The summed E-state index contributed by atoms with van der Waals surface area (Å²) >= 11 is 0. The lowest BCUT2D eigenvalue weighted by atomic mass is 10.0. The van der Waals surface area contributed by atoms with Gasteiger partial charge in [-0.15, -0.1) is 0 Å². The van der Waals surface area contributed by atoms with E-state index in [4.69, 9.17) is 0 Å². The van der Waals surface area contributed by atoms with Crippen LogP contribution in [0.3, 0.4) is 0 Å². The number of hydrogen-bond donors (Lipinski definition) is 2. The molecular weight excluding hydrogens is 242 g/mol. The number of pyridine rings is 1. The van der Waals surface area contributed by atoms with Crippen LogP contribution in [0, 0.1) is 0 Å². The number of amides is 1.